The van der Waals surface area contributed by atoms with Crippen LogP contribution in [0.4, 0.5) is 0 Å². The lowest BCUT2D eigenvalue weighted by molar-refractivity contribution is 1.60. The number of hydrogen-bond acceptors (Lipinski definition) is 0. The molecule has 0 saturated heterocycles. The van der Waals surface area contributed by atoms with E-state index in [1.54, 1.807) is 0 Å². The molecule has 1 aliphatic rings. The average Bonchev–Trinajstić information content (AvgIpc) is 1.69. The summed E-state index contributed by atoms with van der Waals surface area (Å²) < 4.78 is 0. The van der Waals surface area contributed by atoms with Gasteiger partial charge < -0.3 is 0 Å². The molecule has 0 radical (unpaired) electrons. The predicted octanol–water partition coefficient (Wildman–Crippen LogP) is 1.78. The van der Waals surface area contributed by atoms with Crippen LogP contribution in [0.15, 0.2) is 24.2 Å². The monoisotopic (exact) mass is 92.1 g/mol. The fourth-order valence-electron chi connectivity index (χ4n) is 0.704. The zero-order chi connectivity index (χ0) is 5.11. The Kier molecular flexibility index (Phi) is 1.35. The van der Waals surface area contributed by atoms with Crippen LogP contribution in [0.25, 0.3) is 0 Å². The SMILES string of the molecule is CB1C=CC=CC1. The fraction of sp³-hybridized carbons (Fsp3) is 0.333. The lowest BCUT2D eigenvalue weighted by Gasteiger charge is -1.97. The van der Waals surface area contributed by atoms with E-state index in [0.717, 1.165) is 6.71 Å². The molecule has 0 saturated carbocycles. The van der Waals surface area contributed by atoms with Crippen LogP contribution < -0.4 is 0 Å². The van der Waals surface area contributed by atoms with Gasteiger partial charge in [-0.1, -0.05) is 31.4 Å². The summed E-state index contributed by atoms with van der Waals surface area (Å²) in [6.07, 6.45) is 7.62. The quantitative estimate of drug-likeness (QED) is 0.399. The van der Waals surface area contributed by atoms with Gasteiger partial charge in [0.05, 0.1) is 0 Å². The van der Waals surface area contributed by atoms with Crippen LogP contribution in [0.5, 0.6) is 0 Å². The first-order valence-electron chi connectivity index (χ1n) is 2.73. The molecular formula is C6H9B. The summed E-state index contributed by atoms with van der Waals surface area (Å²) in [5, 5.41) is 0. The van der Waals surface area contributed by atoms with Crippen LogP contribution in [0.3, 0.4) is 0 Å². The molecule has 7 heavy (non-hydrogen) atoms. The summed E-state index contributed by atoms with van der Waals surface area (Å²) in [5.74, 6) is 2.22. The van der Waals surface area contributed by atoms with Gasteiger partial charge in [0, 0.05) is 0 Å². The maximum atomic E-state index is 2.22. The van der Waals surface area contributed by atoms with E-state index in [-0.39, 0.29) is 0 Å². The first kappa shape index (κ1) is 4.70. The summed E-state index contributed by atoms with van der Waals surface area (Å²) in [6, 6.07) is 0. The molecule has 1 heteroatoms. The van der Waals surface area contributed by atoms with E-state index in [1.165, 1.54) is 6.32 Å². The van der Waals surface area contributed by atoms with E-state index in [9.17, 15) is 0 Å². The Labute approximate surface area is 45.0 Å². The predicted molar refractivity (Wildman–Crippen MR) is 34.7 cm³/mol. The summed E-state index contributed by atoms with van der Waals surface area (Å²) in [5.41, 5.74) is 0. The molecule has 1 rings (SSSR count). The van der Waals surface area contributed by atoms with E-state index in [2.05, 4.69) is 31.0 Å². The molecule has 0 aliphatic carbocycles. The fourth-order valence-corrected chi connectivity index (χ4v) is 0.704. The summed E-state index contributed by atoms with van der Waals surface area (Å²) in [6.45, 7) is 2.99. The van der Waals surface area contributed by atoms with E-state index in [0.29, 0.717) is 0 Å². The van der Waals surface area contributed by atoms with Gasteiger partial charge in [0.15, 0.2) is 6.71 Å². The van der Waals surface area contributed by atoms with Gasteiger partial charge in [0.1, 0.15) is 0 Å². The minimum atomic E-state index is 0.769. The molecule has 0 fully saturated rings. The molecule has 0 spiro atoms. The van der Waals surface area contributed by atoms with Crippen molar-refractivity contribution in [3.63, 3.8) is 0 Å². The van der Waals surface area contributed by atoms with Gasteiger partial charge in [-0.05, 0) is 0 Å². The molecule has 0 aromatic rings. The average molecular weight is 92.0 g/mol. The van der Waals surface area contributed by atoms with Gasteiger partial charge >= 0.3 is 0 Å². The van der Waals surface area contributed by atoms with Crippen LogP contribution in [0.2, 0.25) is 13.1 Å². The van der Waals surface area contributed by atoms with Crippen molar-refractivity contribution >= 4 is 6.71 Å². The Hall–Kier alpha value is -0.455. The molecule has 0 aromatic carbocycles. The molecule has 0 atom stereocenters. The van der Waals surface area contributed by atoms with Crippen molar-refractivity contribution in [3.05, 3.63) is 24.2 Å². The molecule has 1 aliphatic heterocycles. The third-order valence-electron chi connectivity index (χ3n) is 1.19. The maximum Gasteiger partial charge on any atom is 0.167 e. The molecule has 0 N–H and O–H groups in total. The first-order chi connectivity index (χ1) is 3.39. The highest BCUT2D eigenvalue weighted by Crippen LogP contribution is 2.00. The molecule has 36 valence electrons. The highest BCUT2D eigenvalue weighted by Gasteiger charge is 1.98. The van der Waals surface area contributed by atoms with Crippen molar-refractivity contribution in [3.8, 4) is 0 Å². The third-order valence-corrected chi connectivity index (χ3v) is 1.19. The standard InChI is InChI=1S/C6H9B/c1-7-5-3-2-4-6-7/h2-5H,6H2,1H3. The van der Waals surface area contributed by atoms with Gasteiger partial charge in [0.2, 0.25) is 0 Å². The highest BCUT2D eigenvalue weighted by molar-refractivity contribution is 6.63. The van der Waals surface area contributed by atoms with Crippen molar-refractivity contribution in [2.45, 2.75) is 13.1 Å². The van der Waals surface area contributed by atoms with Crippen molar-refractivity contribution in [1.82, 2.24) is 0 Å². The highest BCUT2D eigenvalue weighted by atomic mass is 13.7. The molecule has 0 nitrogen and oxygen atoms in total. The summed E-state index contributed by atoms with van der Waals surface area (Å²) >= 11 is 0. The van der Waals surface area contributed by atoms with Gasteiger partial charge in [-0.15, -0.1) is 5.98 Å². The molecule has 0 amide bonds. The minimum absolute atomic E-state index is 0.769. The van der Waals surface area contributed by atoms with Crippen LogP contribution in [0.1, 0.15) is 0 Å². The van der Waals surface area contributed by atoms with Crippen molar-refractivity contribution in [1.29, 1.82) is 0 Å². The van der Waals surface area contributed by atoms with Crippen LogP contribution >= 0.6 is 0 Å². The molecule has 0 aromatic heterocycles. The second-order valence-corrected chi connectivity index (χ2v) is 2.03. The van der Waals surface area contributed by atoms with Crippen LogP contribution in [-0.2, 0) is 0 Å². The van der Waals surface area contributed by atoms with Crippen LogP contribution in [0, 0.1) is 0 Å². The Balaban J connectivity index is 2.49. The second kappa shape index (κ2) is 2.01. The van der Waals surface area contributed by atoms with E-state index >= 15 is 0 Å². The normalized spacial score (nSPS) is 18.1. The maximum absolute atomic E-state index is 2.22. The summed E-state index contributed by atoms with van der Waals surface area (Å²) in [7, 11) is 0. The Morgan fingerprint density at radius 3 is 2.57 bits per heavy atom. The number of hydrogen-bond donors (Lipinski definition) is 0. The third kappa shape index (κ3) is 1.22. The number of allylic oxidation sites excluding steroid dienone is 3. The second-order valence-electron chi connectivity index (χ2n) is 2.03. The first-order valence-corrected chi connectivity index (χ1v) is 2.73. The summed E-state index contributed by atoms with van der Waals surface area (Å²) in [4.78, 5) is 0. The van der Waals surface area contributed by atoms with Crippen LogP contribution in [-0.4, -0.2) is 6.71 Å². The van der Waals surface area contributed by atoms with E-state index < -0.39 is 0 Å². The molecule has 0 bridgehead atoms. The van der Waals surface area contributed by atoms with Crippen molar-refractivity contribution < 1.29 is 0 Å². The van der Waals surface area contributed by atoms with Gasteiger partial charge in [0.25, 0.3) is 0 Å². The van der Waals surface area contributed by atoms with Gasteiger partial charge in [-0.25, -0.2) is 0 Å². The number of rotatable bonds is 0. The van der Waals surface area contributed by atoms with E-state index in [1.807, 2.05) is 0 Å². The molecular weight excluding hydrogens is 82.9 g/mol. The van der Waals surface area contributed by atoms with Gasteiger partial charge in [-0.3, -0.25) is 0 Å². The largest absolute Gasteiger partial charge is 0.167 e. The van der Waals surface area contributed by atoms with Gasteiger partial charge in [-0.2, -0.15) is 0 Å². The minimum Gasteiger partial charge on any atom is -0.115 e. The zero-order valence-corrected chi connectivity index (χ0v) is 4.59. The Bertz CT molecular complexity index is 103. The smallest absolute Gasteiger partial charge is 0.115 e. The Morgan fingerprint density at radius 2 is 2.29 bits per heavy atom. The lowest BCUT2D eigenvalue weighted by atomic mass is 9.48. The lowest BCUT2D eigenvalue weighted by Crippen LogP contribution is -2.01. The van der Waals surface area contributed by atoms with E-state index in [4.69, 9.17) is 0 Å². The zero-order valence-electron chi connectivity index (χ0n) is 4.59. The molecule has 1 heterocycles. The topological polar surface area (TPSA) is 0 Å². The molecule has 0 unspecified atom stereocenters. The van der Waals surface area contributed by atoms with Crippen molar-refractivity contribution in [2.75, 3.05) is 0 Å². The Morgan fingerprint density at radius 1 is 1.43 bits per heavy atom. The van der Waals surface area contributed by atoms with Crippen molar-refractivity contribution in [2.24, 2.45) is 0 Å².